The molecule has 3 rings (SSSR count). The first-order chi connectivity index (χ1) is 11.9. The first-order valence-electron chi connectivity index (χ1n) is 8.42. The zero-order chi connectivity index (χ0) is 18.0. The first-order valence-corrected chi connectivity index (χ1v) is 8.42. The van der Waals surface area contributed by atoms with Crippen molar-refractivity contribution in [2.75, 3.05) is 0 Å². The molecule has 0 radical (unpaired) electrons. The highest BCUT2D eigenvalue weighted by Crippen LogP contribution is 2.28. The Morgan fingerprint density at radius 3 is 2.44 bits per heavy atom. The van der Waals surface area contributed by atoms with Gasteiger partial charge in [0.25, 0.3) is 5.91 Å². The highest BCUT2D eigenvalue weighted by molar-refractivity contribution is 5.86. The Morgan fingerprint density at radius 2 is 1.76 bits per heavy atom. The molecule has 1 aromatic heterocycles. The van der Waals surface area contributed by atoms with E-state index in [0.29, 0.717) is 5.82 Å². The minimum Gasteiger partial charge on any atom is -0.380 e. The lowest BCUT2D eigenvalue weighted by atomic mass is 9.84. The lowest BCUT2D eigenvalue weighted by Crippen LogP contribution is -2.48. The summed E-state index contributed by atoms with van der Waals surface area (Å²) in [5, 5.41) is 13.7. The number of rotatable bonds is 5. The van der Waals surface area contributed by atoms with E-state index in [9.17, 15) is 9.90 Å². The molecule has 1 heterocycles. The number of para-hydroxylation sites is 2. The number of benzene rings is 2. The molecule has 0 aliphatic rings. The zero-order valence-electron chi connectivity index (χ0n) is 14.7. The maximum absolute atomic E-state index is 12.7. The smallest absolute Gasteiger partial charge is 0.252 e. The molecule has 0 unspecified atom stereocenters. The normalized spacial score (nSPS) is 16.2. The number of H-pyrrole nitrogens is 1. The summed E-state index contributed by atoms with van der Waals surface area (Å²) in [6.45, 7) is 5.24. The highest BCUT2D eigenvalue weighted by Gasteiger charge is 2.38. The highest BCUT2D eigenvalue weighted by atomic mass is 16.3. The van der Waals surface area contributed by atoms with E-state index in [-0.39, 0.29) is 12.0 Å². The molecule has 3 atom stereocenters. The molecule has 0 spiro atoms. The van der Waals surface area contributed by atoms with Crippen LogP contribution >= 0.6 is 0 Å². The van der Waals surface area contributed by atoms with Crippen molar-refractivity contribution in [2.24, 2.45) is 0 Å². The molecule has 3 aromatic rings. The second-order valence-corrected chi connectivity index (χ2v) is 6.61. The van der Waals surface area contributed by atoms with E-state index in [4.69, 9.17) is 0 Å². The van der Waals surface area contributed by atoms with E-state index < -0.39 is 11.5 Å². The molecular weight excluding hydrogens is 314 g/mol. The molecule has 2 aromatic carbocycles. The summed E-state index contributed by atoms with van der Waals surface area (Å²) in [5.41, 5.74) is 1.16. The molecule has 5 nitrogen and oxygen atoms in total. The van der Waals surface area contributed by atoms with Crippen LogP contribution in [0.2, 0.25) is 0 Å². The van der Waals surface area contributed by atoms with Crippen LogP contribution in [0.15, 0.2) is 54.6 Å². The third-order valence-electron chi connectivity index (χ3n) is 4.77. The van der Waals surface area contributed by atoms with Crippen LogP contribution in [0.4, 0.5) is 0 Å². The van der Waals surface area contributed by atoms with Crippen molar-refractivity contribution in [3.8, 4) is 0 Å². The molecular formula is C20H23N3O2. The van der Waals surface area contributed by atoms with Gasteiger partial charge in [0.15, 0.2) is 0 Å². The predicted octanol–water partition coefficient (Wildman–Crippen LogP) is 3.29. The van der Waals surface area contributed by atoms with Gasteiger partial charge in [0.1, 0.15) is 11.4 Å². The molecule has 0 saturated carbocycles. The molecule has 0 fully saturated rings. The molecule has 0 aliphatic carbocycles. The summed E-state index contributed by atoms with van der Waals surface area (Å²) in [7, 11) is 0. The van der Waals surface area contributed by atoms with Crippen molar-refractivity contribution in [1.82, 2.24) is 15.3 Å². The van der Waals surface area contributed by atoms with Crippen LogP contribution in [-0.4, -0.2) is 26.6 Å². The Balaban J connectivity index is 1.75. The Hall–Kier alpha value is -2.66. The maximum atomic E-state index is 12.7. The number of aliphatic hydroxyl groups is 1. The van der Waals surface area contributed by atoms with Crippen molar-refractivity contribution in [3.05, 3.63) is 66.0 Å². The van der Waals surface area contributed by atoms with Crippen molar-refractivity contribution in [1.29, 1.82) is 0 Å². The Bertz CT molecular complexity index is 838. The standard InChI is InChI=1S/C20H23N3O2/c1-13(15-9-5-4-6-10-15)20(3,25)19(24)21-14(2)18-22-16-11-7-8-12-17(16)23-18/h4-14,25H,1-3H3,(H,21,24)(H,22,23)/t13-,14-,20-/m0/s1. The first kappa shape index (κ1) is 17.2. The Labute approximate surface area is 147 Å². The summed E-state index contributed by atoms with van der Waals surface area (Å²) >= 11 is 0. The van der Waals surface area contributed by atoms with Gasteiger partial charge in [-0.2, -0.15) is 0 Å². The summed E-state index contributed by atoms with van der Waals surface area (Å²) in [5.74, 6) is -0.0916. The number of amides is 1. The number of hydrogen-bond acceptors (Lipinski definition) is 3. The van der Waals surface area contributed by atoms with Crippen molar-refractivity contribution >= 4 is 16.9 Å². The number of aromatic amines is 1. The van der Waals surface area contributed by atoms with Gasteiger partial charge in [0.05, 0.1) is 17.1 Å². The van der Waals surface area contributed by atoms with Gasteiger partial charge < -0.3 is 15.4 Å². The van der Waals surface area contributed by atoms with Gasteiger partial charge in [-0.15, -0.1) is 0 Å². The third kappa shape index (κ3) is 3.42. The predicted molar refractivity (Wildman–Crippen MR) is 98.1 cm³/mol. The van der Waals surface area contributed by atoms with Crippen LogP contribution in [0.3, 0.4) is 0 Å². The summed E-state index contributed by atoms with van der Waals surface area (Å²) in [6, 6.07) is 16.9. The lowest BCUT2D eigenvalue weighted by Gasteiger charge is -2.30. The van der Waals surface area contributed by atoms with Crippen LogP contribution in [0.1, 0.15) is 44.1 Å². The molecule has 130 valence electrons. The van der Waals surface area contributed by atoms with Crippen molar-refractivity contribution in [2.45, 2.75) is 38.3 Å². The second-order valence-electron chi connectivity index (χ2n) is 6.61. The number of nitrogens with one attached hydrogen (secondary N) is 2. The average Bonchev–Trinajstić information content (AvgIpc) is 3.06. The molecule has 0 saturated heterocycles. The van der Waals surface area contributed by atoms with Crippen LogP contribution in [0.5, 0.6) is 0 Å². The molecule has 3 N–H and O–H groups in total. The van der Waals surface area contributed by atoms with E-state index in [1.807, 2.05) is 68.4 Å². The minimum atomic E-state index is -1.53. The topological polar surface area (TPSA) is 78.0 Å². The van der Waals surface area contributed by atoms with E-state index in [1.54, 1.807) is 6.92 Å². The Kier molecular flexibility index (Phi) is 4.59. The van der Waals surface area contributed by atoms with Gasteiger partial charge in [-0.3, -0.25) is 4.79 Å². The average molecular weight is 337 g/mol. The Morgan fingerprint density at radius 1 is 1.12 bits per heavy atom. The third-order valence-corrected chi connectivity index (χ3v) is 4.77. The van der Waals surface area contributed by atoms with Gasteiger partial charge in [-0.25, -0.2) is 4.98 Å². The summed E-state index contributed by atoms with van der Waals surface area (Å²) < 4.78 is 0. The van der Waals surface area contributed by atoms with Gasteiger partial charge in [-0.1, -0.05) is 49.4 Å². The van der Waals surface area contributed by atoms with Gasteiger partial charge in [-0.05, 0) is 31.5 Å². The van der Waals surface area contributed by atoms with Gasteiger partial charge in [0.2, 0.25) is 0 Å². The summed E-state index contributed by atoms with van der Waals surface area (Å²) in [6.07, 6.45) is 0. The van der Waals surface area contributed by atoms with E-state index in [2.05, 4.69) is 15.3 Å². The minimum absolute atomic E-state index is 0.337. The SMILES string of the molecule is C[C@H](NC(=O)[C@@](C)(O)[C@@H](C)c1ccccc1)c1nc2ccccc2[nH]1. The second kappa shape index (κ2) is 6.69. The van der Waals surface area contributed by atoms with Gasteiger partial charge in [0, 0.05) is 5.92 Å². The maximum Gasteiger partial charge on any atom is 0.252 e. The summed E-state index contributed by atoms with van der Waals surface area (Å²) in [4.78, 5) is 20.4. The molecule has 0 aliphatic heterocycles. The van der Waals surface area contributed by atoms with Crippen molar-refractivity contribution in [3.63, 3.8) is 0 Å². The van der Waals surface area contributed by atoms with Crippen LogP contribution < -0.4 is 5.32 Å². The molecule has 1 amide bonds. The monoisotopic (exact) mass is 337 g/mol. The van der Waals surface area contributed by atoms with Crippen LogP contribution in [-0.2, 0) is 4.79 Å². The fraction of sp³-hybridized carbons (Fsp3) is 0.300. The quantitative estimate of drug-likeness (QED) is 0.668. The number of carbonyl (C=O) groups excluding carboxylic acids is 1. The number of aromatic nitrogens is 2. The van der Waals surface area contributed by atoms with Gasteiger partial charge >= 0.3 is 0 Å². The molecule has 5 heteroatoms. The molecule has 0 bridgehead atoms. The van der Waals surface area contributed by atoms with Crippen LogP contribution in [0, 0.1) is 0 Å². The number of nitrogens with zero attached hydrogens (tertiary/aromatic N) is 1. The van der Waals surface area contributed by atoms with Crippen molar-refractivity contribution < 1.29 is 9.90 Å². The number of hydrogen-bond donors (Lipinski definition) is 3. The van der Waals surface area contributed by atoms with Crippen LogP contribution in [0.25, 0.3) is 11.0 Å². The van der Waals surface area contributed by atoms with E-state index >= 15 is 0 Å². The van der Waals surface area contributed by atoms with E-state index in [1.165, 1.54) is 0 Å². The van der Waals surface area contributed by atoms with E-state index in [0.717, 1.165) is 16.6 Å². The number of fused-ring (bicyclic) bond motifs is 1. The molecule has 25 heavy (non-hydrogen) atoms. The fourth-order valence-corrected chi connectivity index (χ4v) is 2.85. The largest absolute Gasteiger partial charge is 0.380 e. The lowest BCUT2D eigenvalue weighted by molar-refractivity contribution is -0.140. The fourth-order valence-electron chi connectivity index (χ4n) is 2.85. The number of imidazole rings is 1. The zero-order valence-corrected chi connectivity index (χ0v) is 14.7. The number of carbonyl (C=O) groups is 1.